The van der Waals surface area contributed by atoms with Crippen molar-refractivity contribution in [2.24, 2.45) is 4.99 Å². The van der Waals surface area contributed by atoms with Gasteiger partial charge >= 0.3 is 11.9 Å². The van der Waals surface area contributed by atoms with Crippen molar-refractivity contribution in [3.8, 4) is 11.5 Å². The quantitative estimate of drug-likeness (QED) is 0.488. The largest absolute Gasteiger partial charge is 0.493 e. The van der Waals surface area contributed by atoms with E-state index in [1.54, 1.807) is 19.1 Å². The molecule has 0 amide bonds. The third-order valence-electron chi connectivity index (χ3n) is 3.89. The third kappa shape index (κ3) is 4.96. The number of benzene rings is 2. The Morgan fingerprint density at radius 3 is 2.80 bits per heavy atom. The molecule has 3 rings (SSSR count). The number of hydrogen-bond donors (Lipinski definition) is 0. The zero-order valence-electron chi connectivity index (χ0n) is 16.1. The van der Waals surface area contributed by atoms with Crippen LogP contribution in [0.25, 0.3) is 6.08 Å². The van der Waals surface area contributed by atoms with Crippen LogP contribution in [-0.4, -0.2) is 38.2 Å². The molecule has 156 valence electrons. The summed E-state index contributed by atoms with van der Waals surface area (Å²) in [5.41, 5.74) is 0.828. The highest BCUT2D eigenvalue weighted by Crippen LogP contribution is 2.37. The van der Waals surface area contributed by atoms with E-state index in [-0.39, 0.29) is 41.3 Å². The van der Waals surface area contributed by atoms with Crippen LogP contribution < -0.4 is 9.47 Å². The molecule has 2 aromatic rings. The Morgan fingerprint density at radius 2 is 2.10 bits per heavy atom. The Bertz CT molecular complexity index is 1050. The molecule has 7 nitrogen and oxygen atoms in total. The summed E-state index contributed by atoms with van der Waals surface area (Å²) in [5, 5.41) is 0.159. The predicted molar refractivity (Wildman–Crippen MR) is 107 cm³/mol. The zero-order valence-corrected chi connectivity index (χ0v) is 16.9. The Kier molecular flexibility index (Phi) is 6.68. The fourth-order valence-corrected chi connectivity index (χ4v) is 2.88. The lowest BCUT2D eigenvalue weighted by Crippen LogP contribution is -2.15. The number of halogens is 2. The molecule has 0 aliphatic carbocycles. The molecule has 0 atom stereocenters. The standard InChI is InChI=1S/C21H17ClFNO6/c1-3-28-18(25)11-29-19-15(22)7-12(9-17(19)27-2)8-16-21(26)30-20(24-16)13-5-4-6-14(23)10-13/h4-10H,3,11H2,1-2H3/b16-8-. The summed E-state index contributed by atoms with van der Waals surface area (Å²) in [6, 6.07) is 8.63. The first-order valence-corrected chi connectivity index (χ1v) is 9.23. The molecule has 0 radical (unpaired) electrons. The lowest BCUT2D eigenvalue weighted by molar-refractivity contribution is -0.145. The Labute approximate surface area is 176 Å². The number of aliphatic imine (C=N–C) groups is 1. The number of methoxy groups -OCH3 is 1. The molecule has 0 saturated carbocycles. The fourth-order valence-electron chi connectivity index (χ4n) is 2.61. The number of cyclic esters (lactones) is 1. The molecule has 0 saturated heterocycles. The Hall–Kier alpha value is -3.39. The highest BCUT2D eigenvalue weighted by atomic mass is 35.5. The third-order valence-corrected chi connectivity index (χ3v) is 4.17. The fraction of sp³-hybridized carbons (Fsp3) is 0.190. The van der Waals surface area contributed by atoms with Gasteiger partial charge in [0.15, 0.2) is 23.8 Å². The van der Waals surface area contributed by atoms with Crippen LogP contribution in [0.5, 0.6) is 11.5 Å². The SMILES string of the molecule is CCOC(=O)COc1c(Cl)cc(/C=C2\N=C(c3cccc(F)c3)OC2=O)cc1OC. The first-order chi connectivity index (χ1) is 14.4. The second-order valence-corrected chi connectivity index (χ2v) is 6.38. The van der Waals surface area contributed by atoms with E-state index in [1.165, 1.54) is 37.5 Å². The van der Waals surface area contributed by atoms with Gasteiger partial charge in [-0.1, -0.05) is 17.7 Å². The summed E-state index contributed by atoms with van der Waals surface area (Å²) in [6.07, 6.45) is 1.44. The minimum Gasteiger partial charge on any atom is -0.493 e. The lowest BCUT2D eigenvalue weighted by Gasteiger charge is -2.12. The minimum absolute atomic E-state index is 0.00166. The van der Waals surface area contributed by atoms with Crippen LogP contribution in [0.2, 0.25) is 5.02 Å². The van der Waals surface area contributed by atoms with Crippen LogP contribution in [-0.2, 0) is 19.1 Å². The molecule has 1 aliphatic rings. The molecule has 2 aromatic carbocycles. The first kappa shape index (κ1) is 21.3. The highest BCUT2D eigenvalue weighted by molar-refractivity contribution is 6.32. The van der Waals surface area contributed by atoms with Crippen LogP contribution in [0.4, 0.5) is 4.39 Å². The van der Waals surface area contributed by atoms with Crippen LogP contribution in [0, 0.1) is 5.82 Å². The lowest BCUT2D eigenvalue weighted by atomic mass is 10.1. The summed E-state index contributed by atoms with van der Waals surface area (Å²) in [4.78, 5) is 27.8. The summed E-state index contributed by atoms with van der Waals surface area (Å²) in [5.74, 6) is -1.30. The minimum atomic E-state index is -0.688. The van der Waals surface area contributed by atoms with Gasteiger partial charge < -0.3 is 18.9 Å². The number of ether oxygens (including phenoxy) is 4. The van der Waals surface area contributed by atoms with E-state index in [1.807, 2.05) is 0 Å². The highest BCUT2D eigenvalue weighted by Gasteiger charge is 2.25. The van der Waals surface area contributed by atoms with Gasteiger partial charge in [-0.2, -0.15) is 0 Å². The van der Waals surface area contributed by atoms with E-state index in [0.717, 1.165) is 0 Å². The first-order valence-electron chi connectivity index (χ1n) is 8.85. The monoisotopic (exact) mass is 433 g/mol. The van der Waals surface area contributed by atoms with Gasteiger partial charge in [-0.05, 0) is 48.9 Å². The molecular weight excluding hydrogens is 417 g/mol. The molecule has 0 spiro atoms. The van der Waals surface area contributed by atoms with Gasteiger partial charge in [-0.25, -0.2) is 19.0 Å². The van der Waals surface area contributed by atoms with Crippen molar-refractivity contribution < 1.29 is 32.9 Å². The summed E-state index contributed by atoms with van der Waals surface area (Å²) >= 11 is 6.26. The molecular formula is C21H17ClFNO6. The van der Waals surface area contributed by atoms with Gasteiger partial charge in [0.2, 0.25) is 5.90 Å². The Balaban J connectivity index is 1.87. The van der Waals surface area contributed by atoms with Crippen molar-refractivity contribution in [1.29, 1.82) is 0 Å². The van der Waals surface area contributed by atoms with Crippen molar-refractivity contribution >= 4 is 35.5 Å². The normalized spacial score (nSPS) is 14.3. The number of rotatable bonds is 7. The van der Waals surface area contributed by atoms with E-state index >= 15 is 0 Å². The van der Waals surface area contributed by atoms with Crippen LogP contribution in [0.3, 0.4) is 0 Å². The zero-order chi connectivity index (χ0) is 21.7. The molecule has 30 heavy (non-hydrogen) atoms. The van der Waals surface area contributed by atoms with Crippen LogP contribution >= 0.6 is 11.6 Å². The van der Waals surface area contributed by atoms with E-state index in [0.29, 0.717) is 11.1 Å². The molecule has 1 heterocycles. The summed E-state index contributed by atoms with van der Waals surface area (Å²) < 4.78 is 34.0. The summed E-state index contributed by atoms with van der Waals surface area (Å²) in [7, 11) is 1.41. The number of carbonyl (C=O) groups excluding carboxylic acids is 2. The maximum atomic E-state index is 13.4. The topological polar surface area (TPSA) is 83.4 Å². The maximum absolute atomic E-state index is 13.4. The second-order valence-electron chi connectivity index (χ2n) is 5.97. The van der Waals surface area contributed by atoms with Gasteiger partial charge in [-0.15, -0.1) is 0 Å². The van der Waals surface area contributed by atoms with E-state index in [9.17, 15) is 14.0 Å². The number of nitrogens with zero attached hydrogens (tertiary/aromatic N) is 1. The molecule has 0 aromatic heterocycles. The van der Waals surface area contributed by atoms with E-state index in [2.05, 4.69) is 4.99 Å². The smallest absolute Gasteiger partial charge is 0.363 e. The van der Waals surface area contributed by atoms with E-state index < -0.39 is 17.8 Å². The molecule has 1 aliphatic heterocycles. The molecule has 0 bridgehead atoms. The number of carbonyl (C=O) groups is 2. The average Bonchev–Trinajstić information content (AvgIpc) is 3.07. The number of hydrogen-bond acceptors (Lipinski definition) is 7. The van der Waals surface area contributed by atoms with Gasteiger partial charge in [0.25, 0.3) is 0 Å². The van der Waals surface area contributed by atoms with Gasteiger partial charge in [0.05, 0.1) is 18.7 Å². The van der Waals surface area contributed by atoms with Crippen molar-refractivity contribution in [2.45, 2.75) is 6.92 Å². The Morgan fingerprint density at radius 1 is 1.30 bits per heavy atom. The maximum Gasteiger partial charge on any atom is 0.363 e. The molecule has 0 N–H and O–H groups in total. The van der Waals surface area contributed by atoms with Crippen molar-refractivity contribution in [2.75, 3.05) is 20.3 Å². The second kappa shape index (κ2) is 9.41. The van der Waals surface area contributed by atoms with Crippen LogP contribution in [0.1, 0.15) is 18.1 Å². The molecule has 9 heteroatoms. The van der Waals surface area contributed by atoms with E-state index in [4.69, 9.17) is 30.5 Å². The predicted octanol–water partition coefficient (Wildman–Crippen LogP) is 3.77. The average molecular weight is 434 g/mol. The van der Waals surface area contributed by atoms with Crippen molar-refractivity contribution in [1.82, 2.24) is 0 Å². The van der Waals surface area contributed by atoms with Gasteiger partial charge in [0.1, 0.15) is 5.82 Å². The molecule has 0 fully saturated rings. The molecule has 0 unspecified atom stereocenters. The van der Waals surface area contributed by atoms with Crippen molar-refractivity contribution in [3.63, 3.8) is 0 Å². The van der Waals surface area contributed by atoms with Crippen molar-refractivity contribution in [3.05, 3.63) is 64.1 Å². The van der Waals surface area contributed by atoms with Gasteiger partial charge in [0, 0.05) is 5.56 Å². The van der Waals surface area contributed by atoms with Gasteiger partial charge in [-0.3, -0.25) is 0 Å². The number of esters is 2. The van der Waals surface area contributed by atoms with Crippen LogP contribution in [0.15, 0.2) is 47.1 Å². The summed E-state index contributed by atoms with van der Waals surface area (Å²) in [6.45, 7) is 1.58.